The van der Waals surface area contributed by atoms with Crippen molar-refractivity contribution in [3.63, 3.8) is 0 Å². The number of hydrogen-bond acceptors (Lipinski definition) is 5. The molecule has 0 spiro atoms. The number of nitrogens with zero attached hydrogens (tertiary/aromatic N) is 4. The fourth-order valence-electron chi connectivity index (χ4n) is 2.51. The summed E-state index contributed by atoms with van der Waals surface area (Å²) in [6.07, 6.45) is 1.97. The first-order valence-electron chi connectivity index (χ1n) is 7.93. The summed E-state index contributed by atoms with van der Waals surface area (Å²) in [6.45, 7) is 0.427. The molecular weight excluding hydrogens is 318 g/mol. The third kappa shape index (κ3) is 4.41. The van der Waals surface area contributed by atoms with Gasteiger partial charge in [-0.1, -0.05) is 42.5 Å². The van der Waals surface area contributed by atoms with Gasteiger partial charge in [0, 0.05) is 13.0 Å². The Morgan fingerprint density at radius 2 is 1.88 bits per heavy atom. The number of aromatic nitrogens is 4. The Morgan fingerprint density at radius 3 is 2.52 bits per heavy atom. The van der Waals surface area contributed by atoms with E-state index in [-0.39, 0.29) is 5.91 Å². The average Bonchev–Trinajstić information content (AvgIpc) is 3.20. The molecule has 0 radical (unpaired) electrons. The molecule has 3 rings (SSSR count). The first kappa shape index (κ1) is 16.6. The molecule has 1 N–H and O–H groups in total. The molecule has 7 nitrogen and oxygen atoms in total. The van der Waals surface area contributed by atoms with Crippen LogP contribution in [0.5, 0.6) is 5.75 Å². The number of rotatable bonds is 7. The molecule has 0 bridgehead atoms. The van der Waals surface area contributed by atoms with Gasteiger partial charge in [-0.15, -0.1) is 5.10 Å². The molecule has 0 fully saturated rings. The van der Waals surface area contributed by atoms with Gasteiger partial charge in [-0.05, 0) is 33.7 Å². The summed E-state index contributed by atoms with van der Waals surface area (Å²) in [4.78, 5) is 12.7. The maximum Gasteiger partial charge on any atom is 0.245 e. The topological polar surface area (TPSA) is 81.9 Å². The van der Waals surface area contributed by atoms with E-state index in [9.17, 15) is 4.79 Å². The summed E-state index contributed by atoms with van der Waals surface area (Å²) in [5.41, 5.74) is 2.03. The molecule has 0 unspecified atom stereocenters. The fraction of sp³-hybridized carbons (Fsp3) is 0.222. The van der Waals surface area contributed by atoms with Crippen LogP contribution in [0.25, 0.3) is 0 Å². The minimum Gasteiger partial charge on any atom is -0.497 e. The van der Waals surface area contributed by atoms with E-state index in [1.807, 2.05) is 54.6 Å². The largest absolute Gasteiger partial charge is 0.497 e. The highest BCUT2D eigenvalue weighted by Gasteiger charge is 2.22. The number of nitrogens with one attached hydrogen (secondary N) is 1. The van der Waals surface area contributed by atoms with Gasteiger partial charge in [-0.25, -0.2) is 4.68 Å². The number of ether oxygens (including phenoxy) is 1. The summed E-state index contributed by atoms with van der Waals surface area (Å²) in [7, 11) is 1.62. The third-order valence-electron chi connectivity index (χ3n) is 3.88. The molecule has 1 atom stereocenters. The molecule has 7 heteroatoms. The molecule has 3 aromatic rings. The number of amides is 1. The van der Waals surface area contributed by atoms with E-state index >= 15 is 0 Å². The molecule has 0 aliphatic carbocycles. The van der Waals surface area contributed by atoms with Crippen molar-refractivity contribution in [2.45, 2.75) is 19.0 Å². The molecular formula is C18H19N5O2. The smallest absolute Gasteiger partial charge is 0.245 e. The van der Waals surface area contributed by atoms with Gasteiger partial charge in [0.05, 0.1) is 7.11 Å². The lowest BCUT2D eigenvalue weighted by molar-refractivity contribution is -0.124. The number of hydrogen-bond donors (Lipinski definition) is 1. The first-order valence-corrected chi connectivity index (χ1v) is 7.93. The SMILES string of the molecule is COc1ccc(CNC(=O)[C@H](Cc2ccccc2)n2cnnn2)cc1. The number of carbonyl (C=O) groups is 1. The Morgan fingerprint density at radius 1 is 1.12 bits per heavy atom. The fourth-order valence-corrected chi connectivity index (χ4v) is 2.51. The highest BCUT2D eigenvalue weighted by atomic mass is 16.5. The number of benzene rings is 2. The molecule has 2 aromatic carbocycles. The Labute approximate surface area is 145 Å². The zero-order valence-corrected chi connectivity index (χ0v) is 13.9. The van der Waals surface area contributed by atoms with Crippen molar-refractivity contribution in [3.05, 3.63) is 72.1 Å². The molecule has 1 aromatic heterocycles. The van der Waals surface area contributed by atoms with Crippen molar-refractivity contribution in [3.8, 4) is 5.75 Å². The maximum atomic E-state index is 12.7. The lowest BCUT2D eigenvalue weighted by Crippen LogP contribution is -2.34. The van der Waals surface area contributed by atoms with Crippen LogP contribution in [0.15, 0.2) is 60.9 Å². The van der Waals surface area contributed by atoms with E-state index in [0.29, 0.717) is 13.0 Å². The van der Waals surface area contributed by atoms with Crippen LogP contribution in [0, 0.1) is 0 Å². The normalized spacial score (nSPS) is 11.7. The summed E-state index contributed by atoms with van der Waals surface area (Å²) >= 11 is 0. The van der Waals surface area contributed by atoms with Crippen LogP contribution >= 0.6 is 0 Å². The van der Waals surface area contributed by atoms with E-state index in [0.717, 1.165) is 16.9 Å². The van der Waals surface area contributed by atoms with Crippen LogP contribution < -0.4 is 10.1 Å². The highest BCUT2D eigenvalue weighted by Crippen LogP contribution is 2.14. The van der Waals surface area contributed by atoms with Crippen LogP contribution in [0.4, 0.5) is 0 Å². The van der Waals surface area contributed by atoms with Gasteiger partial charge in [0.1, 0.15) is 18.1 Å². The predicted molar refractivity (Wildman–Crippen MR) is 91.8 cm³/mol. The molecule has 0 aliphatic rings. The number of tetrazole rings is 1. The first-order chi connectivity index (χ1) is 12.3. The summed E-state index contributed by atoms with van der Waals surface area (Å²) < 4.78 is 6.62. The molecule has 25 heavy (non-hydrogen) atoms. The second kappa shape index (κ2) is 8.05. The van der Waals surface area contributed by atoms with Gasteiger partial charge in [-0.3, -0.25) is 4.79 Å². The van der Waals surface area contributed by atoms with E-state index in [1.54, 1.807) is 7.11 Å². The maximum absolute atomic E-state index is 12.7. The van der Waals surface area contributed by atoms with Gasteiger partial charge in [-0.2, -0.15) is 0 Å². The number of carbonyl (C=O) groups excluding carboxylic acids is 1. The molecule has 1 amide bonds. The monoisotopic (exact) mass is 337 g/mol. The van der Waals surface area contributed by atoms with E-state index in [1.165, 1.54) is 11.0 Å². The van der Waals surface area contributed by atoms with Gasteiger partial charge in [0.25, 0.3) is 0 Å². The Bertz CT molecular complexity index is 788. The van der Waals surface area contributed by atoms with E-state index < -0.39 is 6.04 Å². The van der Waals surface area contributed by atoms with E-state index in [2.05, 4.69) is 20.8 Å². The van der Waals surface area contributed by atoms with Gasteiger partial charge >= 0.3 is 0 Å². The minimum atomic E-state index is -0.504. The van der Waals surface area contributed by atoms with Crippen LogP contribution in [0.1, 0.15) is 17.2 Å². The van der Waals surface area contributed by atoms with Crippen molar-refractivity contribution in [1.29, 1.82) is 0 Å². The summed E-state index contributed by atoms with van der Waals surface area (Å²) in [5, 5.41) is 14.1. The average molecular weight is 337 g/mol. The quantitative estimate of drug-likeness (QED) is 0.711. The Hall–Kier alpha value is -3.22. The van der Waals surface area contributed by atoms with Crippen LogP contribution in [-0.4, -0.2) is 33.2 Å². The van der Waals surface area contributed by atoms with E-state index in [4.69, 9.17) is 4.74 Å². The highest BCUT2D eigenvalue weighted by molar-refractivity contribution is 5.80. The Kier molecular flexibility index (Phi) is 5.36. The lowest BCUT2D eigenvalue weighted by atomic mass is 10.1. The Balaban J connectivity index is 1.68. The second-order valence-corrected chi connectivity index (χ2v) is 5.56. The van der Waals surface area contributed by atoms with Crippen molar-refractivity contribution in [2.24, 2.45) is 0 Å². The lowest BCUT2D eigenvalue weighted by Gasteiger charge is -2.16. The zero-order chi connectivity index (χ0) is 17.5. The van der Waals surface area contributed by atoms with Crippen LogP contribution in [0.2, 0.25) is 0 Å². The number of methoxy groups -OCH3 is 1. The van der Waals surface area contributed by atoms with Crippen molar-refractivity contribution < 1.29 is 9.53 Å². The predicted octanol–water partition coefficient (Wildman–Crippen LogP) is 1.78. The van der Waals surface area contributed by atoms with Crippen molar-refractivity contribution >= 4 is 5.91 Å². The van der Waals surface area contributed by atoms with Crippen LogP contribution in [0.3, 0.4) is 0 Å². The van der Waals surface area contributed by atoms with Crippen molar-refractivity contribution in [1.82, 2.24) is 25.5 Å². The molecule has 1 heterocycles. The summed E-state index contributed by atoms with van der Waals surface area (Å²) in [6, 6.07) is 16.9. The molecule has 0 saturated heterocycles. The molecule has 0 saturated carbocycles. The minimum absolute atomic E-state index is 0.132. The molecule has 0 aliphatic heterocycles. The zero-order valence-electron chi connectivity index (χ0n) is 13.9. The van der Waals surface area contributed by atoms with Gasteiger partial charge < -0.3 is 10.1 Å². The van der Waals surface area contributed by atoms with Crippen LogP contribution in [-0.2, 0) is 17.8 Å². The second-order valence-electron chi connectivity index (χ2n) is 5.56. The summed E-state index contributed by atoms with van der Waals surface area (Å²) in [5.74, 6) is 0.651. The standard InChI is InChI=1S/C18H19N5O2/c1-25-16-9-7-15(8-10-16)12-19-18(24)17(23-13-20-21-22-23)11-14-5-3-2-4-6-14/h2-10,13,17H,11-12H2,1H3,(H,19,24)/t17-/m0/s1. The van der Waals surface area contributed by atoms with Gasteiger partial charge in [0.2, 0.25) is 5.91 Å². The molecule has 128 valence electrons. The third-order valence-corrected chi connectivity index (χ3v) is 3.88. The van der Waals surface area contributed by atoms with Gasteiger partial charge in [0.15, 0.2) is 0 Å². The van der Waals surface area contributed by atoms with Crippen molar-refractivity contribution in [2.75, 3.05) is 7.11 Å².